The van der Waals surface area contributed by atoms with Crippen molar-refractivity contribution in [3.63, 3.8) is 0 Å². The van der Waals surface area contributed by atoms with Crippen LogP contribution in [0.2, 0.25) is 5.02 Å². The average Bonchev–Trinajstić information content (AvgIpc) is 2.56. The Kier molecular flexibility index (Phi) is 4.82. The van der Waals surface area contributed by atoms with Gasteiger partial charge in [0.15, 0.2) is 0 Å². The molecule has 2 aromatic carbocycles. The second-order valence-corrected chi connectivity index (χ2v) is 6.54. The molecule has 0 spiro atoms. The van der Waals surface area contributed by atoms with Gasteiger partial charge in [-0.25, -0.2) is 4.79 Å². The third kappa shape index (κ3) is 3.88. The molecule has 3 rings (SSSR count). The highest BCUT2D eigenvalue weighted by Crippen LogP contribution is 2.42. The first-order valence-corrected chi connectivity index (χ1v) is 8.21. The summed E-state index contributed by atoms with van der Waals surface area (Å²) in [7, 11) is 0. The van der Waals surface area contributed by atoms with Crippen molar-refractivity contribution in [3.8, 4) is 17.2 Å². The Morgan fingerprint density at radius 3 is 2.52 bits per heavy atom. The molecule has 4 nitrogen and oxygen atoms in total. The van der Waals surface area contributed by atoms with Crippen LogP contribution in [0.5, 0.6) is 17.2 Å². The van der Waals surface area contributed by atoms with Gasteiger partial charge in [-0.15, -0.1) is 0 Å². The molecule has 142 valence electrons. The summed E-state index contributed by atoms with van der Waals surface area (Å²) in [6.45, 7) is 3.69. The van der Waals surface area contributed by atoms with Crippen molar-refractivity contribution in [3.05, 3.63) is 57.6 Å². The zero-order valence-electron chi connectivity index (χ0n) is 14.2. The molecule has 8 heteroatoms. The van der Waals surface area contributed by atoms with E-state index in [4.69, 9.17) is 26.2 Å². The fourth-order valence-corrected chi connectivity index (χ4v) is 2.84. The highest BCUT2D eigenvalue weighted by Gasteiger charge is 2.48. The normalized spacial score (nSPS) is 16.2. The van der Waals surface area contributed by atoms with Crippen molar-refractivity contribution in [2.24, 2.45) is 0 Å². The standard InChI is InChI=1S/C19H14ClF3O4/c1-9-3-4-10(2)14(5-9)26-16-8-15-11(7-13(16)20)6-12(18(24)25)17(27-15)19(21,22)23/h3-8,17H,1-2H3,(H,24,25). The van der Waals surface area contributed by atoms with Gasteiger partial charge in [0.1, 0.15) is 17.2 Å². The van der Waals surface area contributed by atoms with E-state index in [1.165, 1.54) is 12.1 Å². The average molecular weight is 399 g/mol. The molecule has 2 aromatic rings. The number of aliphatic carboxylic acids is 1. The number of benzene rings is 2. The van der Waals surface area contributed by atoms with E-state index in [1.54, 1.807) is 6.07 Å². The Morgan fingerprint density at radius 1 is 1.19 bits per heavy atom. The Balaban J connectivity index is 2.04. The second-order valence-electron chi connectivity index (χ2n) is 6.14. The fraction of sp³-hybridized carbons (Fsp3) is 0.211. The van der Waals surface area contributed by atoms with Gasteiger partial charge in [0.05, 0.1) is 10.6 Å². The van der Waals surface area contributed by atoms with Crippen LogP contribution in [0.4, 0.5) is 13.2 Å². The summed E-state index contributed by atoms with van der Waals surface area (Å²) < 4.78 is 50.2. The molecule has 0 saturated carbocycles. The SMILES string of the molecule is Cc1ccc(C)c(Oc2cc3c(cc2Cl)C=C(C(=O)O)C(C(F)(F)F)O3)c1. The quantitative estimate of drug-likeness (QED) is 0.737. The number of hydrogen-bond acceptors (Lipinski definition) is 3. The maximum atomic E-state index is 13.2. The van der Waals surface area contributed by atoms with Crippen molar-refractivity contribution in [1.82, 2.24) is 0 Å². The number of carboxylic acids is 1. The van der Waals surface area contributed by atoms with Crippen LogP contribution in [0.15, 0.2) is 35.9 Å². The molecule has 1 aliphatic rings. The molecule has 0 saturated heterocycles. The first-order valence-electron chi connectivity index (χ1n) is 7.83. The van der Waals surface area contributed by atoms with Crippen LogP contribution in [-0.2, 0) is 4.79 Å². The van der Waals surface area contributed by atoms with E-state index in [0.29, 0.717) is 5.75 Å². The van der Waals surface area contributed by atoms with Crippen molar-refractivity contribution >= 4 is 23.6 Å². The number of fused-ring (bicyclic) bond motifs is 1. The smallest absolute Gasteiger partial charge is 0.430 e. The van der Waals surface area contributed by atoms with E-state index >= 15 is 0 Å². The number of halogens is 4. The lowest BCUT2D eigenvalue weighted by Gasteiger charge is -2.27. The molecule has 0 aromatic heterocycles. The minimum absolute atomic E-state index is 0.109. The maximum absolute atomic E-state index is 13.2. The van der Waals surface area contributed by atoms with E-state index < -0.39 is 23.8 Å². The van der Waals surface area contributed by atoms with Crippen molar-refractivity contribution < 1.29 is 32.5 Å². The predicted octanol–water partition coefficient (Wildman–Crippen LogP) is 5.54. The minimum atomic E-state index is -4.88. The molecule has 0 bridgehead atoms. The Morgan fingerprint density at radius 2 is 1.89 bits per heavy atom. The zero-order valence-corrected chi connectivity index (χ0v) is 15.0. The van der Waals surface area contributed by atoms with Gasteiger partial charge >= 0.3 is 12.1 Å². The van der Waals surface area contributed by atoms with Gasteiger partial charge in [0.25, 0.3) is 0 Å². The molecule has 1 aliphatic heterocycles. The van der Waals surface area contributed by atoms with Gasteiger partial charge < -0.3 is 14.6 Å². The molecule has 0 radical (unpaired) electrons. The van der Waals surface area contributed by atoms with Gasteiger partial charge in [-0.05, 0) is 43.2 Å². The monoisotopic (exact) mass is 398 g/mol. The minimum Gasteiger partial charge on any atom is -0.478 e. The molecule has 1 unspecified atom stereocenters. The predicted molar refractivity (Wildman–Crippen MR) is 93.5 cm³/mol. The third-order valence-corrected chi connectivity index (χ3v) is 4.31. The fourth-order valence-electron chi connectivity index (χ4n) is 2.63. The number of aryl methyl sites for hydroxylation is 2. The van der Waals surface area contributed by atoms with Crippen molar-refractivity contribution in [2.75, 3.05) is 0 Å². The molecule has 1 N–H and O–H groups in total. The molecular weight excluding hydrogens is 385 g/mol. The number of carboxylic acid groups (broad SMARTS) is 1. The summed E-state index contributed by atoms with van der Waals surface area (Å²) in [6.07, 6.45) is -6.54. The summed E-state index contributed by atoms with van der Waals surface area (Å²) >= 11 is 6.18. The van der Waals surface area contributed by atoms with Crippen LogP contribution >= 0.6 is 11.6 Å². The maximum Gasteiger partial charge on any atom is 0.430 e. The first-order chi connectivity index (χ1) is 12.6. The Hall–Kier alpha value is -2.67. The summed E-state index contributed by atoms with van der Waals surface area (Å²) in [6, 6.07) is 8.05. The van der Waals surface area contributed by atoms with Crippen molar-refractivity contribution in [1.29, 1.82) is 0 Å². The van der Waals surface area contributed by atoms with Gasteiger partial charge in [0, 0.05) is 11.6 Å². The van der Waals surface area contributed by atoms with Crippen LogP contribution in [0.3, 0.4) is 0 Å². The Labute approximate surface area is 157 Å². The first kappa shape index (κ1) is 19.1. The largest absolute Gasteiger partial charge is 0.478 e. The van der Waals surface area contributed by atoms with Gasteiger partial charge in [-0.1, -0.05) is 23.7 Å². The molecule has 0 aliphatic carbocycles. The number of ether oxygens (including phenoxy) is 2. The number of rotatable bonds is 3. The van der Waals surface area contributed by atoms with E-state index in [0.717, 1.165) is 17.2 Å². The topological polar surface area (TPSA) is 55.8 Å². The lowest BCUT2D eigenvalue weighted by atomic mass is 10.0. The second kappa shape index (κ2) is 6.81. The van der Waals surface area contributed by atoms with Crippen LogP contribution in [0.25, 0.3) is 6.08 Å². The highest BCUT2D eigenvalue weighted by atomic mass is 35.5. The van der Waals surface area contributed by atoms with Gasteiger partial charge in [0.2, 0.25) is 6.10 Å². The lowest BCUT2D eigenvalue weighted by Crippen LogP contribution is -2.40. The van der Waals surface area contributed by atoms with Gasteiger partial charge in [-0.2, -0.15) is 13.2 Å². The van der Waals surface area contributed by atoms with E-state index in [1.807, 2.05) is 26.0 Å². The number of hydrogen-bond donors (Lipinski definition) is 1. The van der Waals surface area contributed by atoms with Crippen LogP contribution in [0.1, 0.15) is 16.7 Å². The number of carbonyl (C=O) groups is 1. The molecule has 0 amide bonds. The summed E-state index contributed by atoms with van der Waals surface area (Å²) in [5.41, 5.74) is 0.976. The lowest BCUT2D eigenvalue weighted by molar-refractivity contribution is -0.187. The molecule has 0 fully saturated rings. The van der Waals surface area contributed by atoms with E-state index in [9.17, 15) is 18.0 Å². The summed E-state index contributed by atoms with van der Waals surface area (Å²) in [5.74, 6) is -1.26. The summed E-state index contributed by atoms with van der Waals surface area (Å²) in [5, 5.41) is 9.18. The number of alkyl halides is 3. The van der Waals surface area contributed by atoms with Gasteiger partial charge in [-0.3, -0.25) is 0 Å². The van der Waals surface area contributed by atoms with E-state index in [2.05, 4.69) is 0 Å². The van der Waals surface area contributed by atoms with Crippen LogP contribution in [0, 0.1) is 13.8 Å². The zero-order chi connectivity index (χ0) is 19.9. The van der Waals surface area contributed by atoms with Crippen LogP contribution in [-0.4, -0.2) is 23.4 Å². The van der Waals surface area contributed by atoms with E-state index in [-0.39, 0.29) is 22.1 Å². The Bertz CT molecular complexity index is 951. The third-order valence-electron chi connectivity index (χ3n) is 4.01. The molecule has 1 atom stereocenters. The molecule has 1 heterocycles. The highest BCUT2D eigenvalue weighted by molar-refractivity contribution is 6.32. The van der Waals surface area contributed by atoms with Crippen molar-refractivity contribution in [2.45, 2.75) is 26.1 Å². The summed E-state index contributed by atoms with van der Waals surface area (Å²) in [4.78, 5) is 11.2. The van der Waals surface area contributed by atoms with Crippen LogP contribution < -0.4 is 9.47 Å². The molecular formula is C19H14ClF3O4. The molecule has 27 heavy (non-hydrogen) atoms.